The molecule has 6 heteroatoms. The molecule has 2 aliphatic heterocycles. The maximum atomic E-state index is 13.0. The number of carbonyl (C=O) groups excluding carboxylic acids is 2. The second-order valence-electron chi connectivity index (χ2n) is 6.12. The molecular weight excluding hydrogens is 320 g/mol. The normalized spacial score (nSPS) is 23.6. The zero-order valence-electron chi connectivity index (χ0n) is 13.8. The molecule has 25 heavy (non-hydrogen) atoms. The molecule has 2 aliphatic rings. The van der Waals surface area contributed by atoms with Gasteiger partial charge in [0, 0.05) is 24.5 Å². The van der Waals surface area contributed by atoms with E-state index < -0.39 is 12.0 Å². The number of aromatic nitrogens is 1. The molecule has 3 atom stereocenters. The van der Waals surface area contributed by atoms with Gasteiger partial charge in [-0.15, -0.1) is 0 Å². The number of likely N-dealkylation sites (tertiary alicyclic amines) is 1. The number of benzene rings is 1. The second kappa shape index (κ2) is 6.20. The summed E-state index contributed by atoms with van der Waals surface area (Å²) in [6.45, 7) is 2.35. The van der Waals surface area contributed by atoms with E-state index in [0.29, 0.717) is 12.2 Å². The predicted molar refractivity (Wildman–Crippen MR) is 89.0 cm³/mol. The van der Waals surface area contributed by atoms with Crippen LogP contribution in [0.15, 0.2) is 48.8 Å². The third-order valence-electron chi connectivity index (χ3n) is 4.70. The Hall–Kier alpha value is -2.89. The average molecular weight is 338 g/mol. The van der Waals surface area contributed by atoms with Gasteiger partial charge >= 0.3 is 5.97 Å². The van der Waals surface area contributed by atoms with Crippen LogP contribution in [0.2, 0.25) is 0 Å². The van der Waals surface area contributed by atoms with Crippen molar-refractivity contribution in [1.82, 2.24) is 9.88 Å². The predicted octanol–water partition coefficient (Wildman–Crippen LogP) is 2.22. The van der Waals surface area contributed by atoms with Gasteiger partial charge in [0.25, 0.3) is 5.91 Å². The van der Waals surface area contributed by atoms with Gasteiger partial charge in [0.15, 0.2) is 0 Å². The van der Waals surface area contributed by atoms with Crippen LogP contribution in [-0.4, -0.2) is 41.0 Å². The molecule has 0 aliphatic carbocycles. The van der Waals surface area contributed by atoms with Gasteiger partial charge < -0.3 is 14.4 Å². The molecule has 0 unspecified atom stereocenters. The van der Waals surface area contributed by atoms with Gasteiger partial charge in [-0.25, -0.2) is 0 Å². The fourth-order valence-corrected chi connectivity index (χ4v) is 3.62. The molecule has 0 bridgehead atoms. The van der Waals surface area contributed by atoms with Gasteiger partial charge in [-0.1, -0.05) is 18.2 Å². The first kappa shape index (κ1) is 15.6. The number of para-hydroxylation sites is 1. The van der Waals surface area contributed by atoms with Crippen LogP contribution in [0.4, 0.5) is 0 Å². The van der Waals surface area contributed by atoms with E-state index in [9.17, 15) is 9.59 Å². The fraction of sp³-hybridized carbons (Fsp3) is 0.316. The molecule has 0 radical (unpaired) electrons. The summed E-state index contributed by atoms with van der Waals surface area (Å²) < 4.78 is 11.2. The summed E-state index contributed by atoms with van der Waals surface area (Å²) in [6.07, 6.45) is 2.74. The fourth-order valence-electron chi connectivity index (χ4n) is 3.62. The van der Waals surface area contributed by atoms with Gasteiger partial charge in [0.05, 0.1) is 18.2 Å². The van der Waals surface area contributed by atoms with E-state index in [1.807, 2.05) is 24.3 Å². The van der Waals surface area contributed by atoms with Crippen molar-refractivity contribution in [2.75, 3.05) is 13.2 Å². The molecule has 0 spiro atoms. The Bertz CT molecular complexity index is 808. The smallest absolute Gasteiger partial charge is 0.314 e. The van der Waals surface area contributed by atoms with Gasteiger partial charge in [-0.3, -0.25) is 14.6 Å². The van der Waals surface area contributed by atoms with Crippen LogP contribution in [0.3, 0.4) is 0 Å². The van der Waals surface area contributed by atoms with Gasteiger partial charge in [0.2, 0.25) is 0 Å². The highest BCUT2D eigenvalue weighted by Crippen LogP contribution is 2.48. The molecule has 3 heterocycles. The van der Waals surface area contributed by atoms with Crippen LogP contribution in [0, 0.1) is 5.92 Å². The zero-order chi connectivity index (χ0) is 17.4. The average Bonchev–Trinajstić information content (AvgIpc) is 3.19. The highest BCUT2D eigenvalue weighted by molar-refractivity contribution is 5.95. The maximum Gasteiger partial charge on any atom is 0.314 e. The number of rotatable bonds is 3. The van der Waals surface area contributed by atoms with E-state index in [1.54, 1.807) is 30.2 Å². The molecule has 1 aromatic heterocycles. The number of amides is 1. The minimum atomic E-state index is -0.502. The maximum absolute atomic E-state index is 13.0. The van der Waals surface area contributed by atoms with E-state index in [2.05, 4.69) is 4.98 Å². The number of hydrogen-bond donors (Lipinski definition) is 0. The summed E-state index contributed by atoms with van der Waals surface area (Å²) in [4.78, 5) is 31.1. The molecule has 0 saturated carbocycles. The minimum Gasteiger partial charge on any atom is -0.487 e. The lowest BCUT2D eigenvalue weighted by Gasteiger charge is -2.23. The second-order valence-corrected chi connectivity index (χ2v) is 6.12. The Morgan fingerprint density at radius 2 is 2.12 bits per heavy atom. The Kier molecular flexibility index (Phi) is 3.87. The highest BCUT2D eigenvalue weighted by atomic mass is 16.5. The van der Waals surface area contributed by atoms with E-state index >= 15 is 0 Å². The van der Waals surface area contributed by atoms with Crippen molar-refractivity contribution < 1.29 is 19.1 Å². The third-order valence-corrected chi connectivity index (χ3v) is 4.70. The first-order chi connectivity index (χ1) is 12.2. The number of ether oxygens (including phenoxy) is 2. The summed E-state index contributed by atoms with van der Waals surface area (Å²) in [6, 6.07) is 10.8. The summed E-state index contributed by atoms with van der Waals surface area (Å²) in [5, 5.41) is 0. The van der Waals surface area contributed by atoms with E-state index in [0.717, 1.165) is 11.3 Å². The lowest BCUT2D eigenvalue weighted by atomic mass is 9.98. The minimum absolute atomic E-state index is 0.157. The van der Waals surface area contributed by atoms with Gasteiger partial charge in [-0.05, 0) is 25.1 Å². The molecule has 6 nitrogen and oxygen atoms in total. The Labute approximate surface area is 145 Å². The molecule has 4 rings (SSSR count). The Morgan fingerprint density at radius 3 is 2.88 bits per heavy atom. The number of carbonyl (C=O) groups is 2. The van der Waals surface area contributed by atoms with Crippen LogP contribution < -0.4 is 4.74 Å². The molecule has 2 aromatic rings. The lowest BCUT2D eigenvalue weighted by Crippen LogP contribution is -2.32. The molecule has 1 saturated heterocycles. The number of nitrogens with zero attached hydrogens (tertiary/aromatic N) is 2. The van der Waals surface area contributed by atoms with Crippen molar-refractivity contribution in [1.29, 1.82) is 0 Å². The van der Waals surface area contributed by atoms with Gasteiger partial charge in [-0.2, -0.15) is 0 Å². The molecule has 128 valence electrons. The SMILES string of the molecule is CCOC(=O)[C@@H]1CN(C(=O)c2cccnc2)[C@H]2c3ccccc3O[C@@H]12. The molecule has 1 fully saturated rings. The summed E-state index contributed by atoms with van der Waals surface area (Å²) >= 11 is 0. The van der Waals surface area contributed by atoms with Crippen molar-refractivity contribution in [2.24, 2.45) is 5.92 Å². The van der Waals surface area contributed by atoms with E-state index in [4.69, 9.17) is 9.47 Å². The summed E-state index contributed by atoms with van der Waals surface area (Å²) in [5.74, 6) is -0.268. The largest absolute Gasteiger partial charge is 0.487 e. The Morgan fingerprint density at radius 1 is 1.28 bits per heavy atom. The first-order valence-electron chi connectivity index (χ1n) is 8.34. The van der Waals surface area contributed by atoms with Crippen molar-refractivity contribution in [3.63, 3.8) is 0 Å². The van der Waals surface area contributed by atoms with Crippen LogP contribution >= 0.6 is 0 Å². The molecule has 1 amide bonds. The number of hydrogen-bond acceptors (Lipinski definition) is 5. The molecule has 0 N–H and O–H groups in total. The zero-order valence-corrected chi connectivity index (χ0v) is 13.8. The van der Waals surface area contributed by atoms with Crippen molar-refractivity contribution in [3.8, 4) is 5.75 Å². The number of pyridine rings is 1. The quantitative estimate of drug-likeness (QED) is 0.803. The monoisotopic (exact) mass is 338 g/mol. The van der Waals surface area contributed by atoms with Crippen molar-refractivity contribution in [3.05, 3.63) is 59.9 Å². The van der Waals surface area contributed by atoms with Crippen LogP contribution in [0.1, 0.15) is 28.9 Å². The van der Waals surface area contributed by atoms with Gasteiger partial charge in [0.1, 0.15) is 17.8 Å². The summed E-state index contributed by atoms with van der Waals surface area (Å²) in [5.41, 5.74) is 1.42. The number of esters is 1. The van der Waals surface area contributed by atoms with Crippen molar-refractivity contribution >= 4 is 11.9 Å². The van der Waals surface area contributed by atoms with Crippen LogP contribution in [0.5, 0.6) is 5.75 Å². The highest BCUT2D eigenvalue weighted by Gasteiger charge is 2.54. The molecular formula is C19H18N2O4. The standard InChI is InChI=1S/C19H18N2O4/c1-2-24-19(23)14-11-21(18(22)12-6-5-9-20-10-12)16-13-7-3-4-8-15(13)25-17(14)16/h3-10,14,16-17H,2,11H2,1H3/t14-,16+,17+/m1/s1. The lowest BCUT2D eigenvalue weighted by molar-refractivity contribution is -0.149. The third kappa shape index (κ3) is 2.54. The van der Waals surface area contributed by atoms with Crippen LogP contribution in [0.25, 0.3) is 0 Å². The van der Waals surface area contributed by atoms with E-state index in [-0.39, 0.29) is 24.5 Å². The van der Waals surface area contributed by atoms with Crippen LogP contribution in [-0.2, 0) is 9.53 Å². The Balaban J connectivity index is 1.71. The summed E-state index contributed by atoms with van der Waals surface area (Å²) in [7, 11) is 0. The molecule has 1 aromatic carbocycles. The first-order valence-corrected chi connectivity index (χ1v) is 8.34. The number of fused-ring (bicyclic) bond motifs is 3. The topological polar surface area (TPSA) is 68.7 Å². The van der Waals surface area contributed by atoms with E-state index in [1.165, 1.54) is 6.20 Å². The van der Waals surface area contributed by atoms with Crippen molar-refractivity contribution in [2.45, 2.75) is 19.1 Å².